The van der Waals surface area contributed by atoms with Crippen molar-refractivity contribution in [3.8, 4) is 11.5 Å². The zero-order chi connectivity index (χ0) is 16.2. The van der Waals surface area contributed by atoms with E-state index >= 15 is 0 Å². The van der Waals surface area contributed by atoms with Gasteiger partial charge >= 0.3 is 0 Å². The minimum Gasteiger partial charge on any atom is -0.486 e. The number of aryl methyl sites for hydroxylation is 1. The number of benzene rings is 2. The molecule has 4 heteroatoms. The van der Waals surface area contributed by atoms with Crippen molar-refractivity contribution in [3.63, 3.8) is 0 Å². The molecule has 120 valence electrons. The summed E-state index contributed by atoms with van der Waals surface area (Å²) in [5, 5.41) is 0. The van der Waals surface area contributed by atoms with Crippen LogP contribution in [-0.4, -0.2) is 31.1 Å². The van der Waals surface area contributed by atoms with E-state index in [4.69, 9.17) is 9.47 Å². The van der Waals surface area contributed by atoms with Crippen LogP contribution >= 0.6 is 0 Å². The minimum absolute atomic E-state index is 0.101. The van der Waals surface area contributed by atoms with Crippen LogP contribution in [0.4, 0.5) is 0 Å². The summed E-state index contributed by atoms with van der Waals surface area (Å²) < 4.78 is 11.1. The van der Waals surface area contributed by atoms with Crippen molar-refractivity contribution >= 4 is 5.91 Å². The molecule has 0 bridgehead atoms. The largest absolute Gasteiger partial charge is 0.486 e. The number of hydrogen-bond donors (Lipinski definition) is 0. The van der Waals surface area contributed by atoms with E-state index in [0.29, 0.717) is 26.2 Å². The lowest BCUT2D eigenvalue weighted by molar-refractivity contribution is -0.129. The van der Waals surface area contributed by atoms with Gasteiger partial charge in [-0.1, -0.05) is 35.9 Å². The highest BCUT2D eigenvalue weighted by Crippen LogP contribution is 2.31. The van der Waals surface area contributed by atoms with Gasteiger partial charge in [-0.15, -0.1) is 0 Å². The second-order valence-corrected chi connectivity index (χ2v) is 5.89. The van der Waals surface area contributed by atoms with Gasteiger partial charge in [-0.05, 0) is 30.2 Å². The molecular weight excluding hydrogens is 290 g/mol. The van der Waals surface area contributed by atoms with Crippen LogP contribution in [0.2, 0.25) is 0 Å². The molecule has 1 heterocycles. The summed E-state index contributed by atoms with van der Waals surface area (Å²) in [5.74, 6) is 1.63. The van der Waals surface area contributed by atoms with Crippen molar-refractivity contribution in [3.05, 3.63) is 59.2 Å². The summed E-state index contributed by atoms with van der Waals surface area (Å²) in [6.07, 6.45) is 0.418. The van der Waals surface area contributed by atoms with Crippen molar-refractivity contribution in [2.24, 2.45) is 0 Å². The Morgan fingerprint density at radius 1 is 1.00 bits per heavy atom. The minimum atomic E-state index is 0.101. The lowest BCUT2D eigenvalue weighted by Gasteiger charge is -2.21. The first-order valence-electron chi connectivity index (χ1n) is 7.80. The normalized spacial score (nSPS) is 12.8. The molecular formula is C19H21NO3. The van der Waals surface area contributed by atoms with Gasteiger partial charge in [0.25, 0.3) is 0 Å². The highest BCUT2D eigenvalue weighted by Gasteiger charge is 2.14. The maximum atomic E-state index is 12.4. The molecule has 0 fully saturated rings. The van der Waals surface area contributed by atoms with Gasteiger partial charge in [-0.25, -0.2) is 0 Å². The number of fused-ring (bicyclic) bond motifs is 1. The van der Waals surface area contributed by atoms with Crippen LogP contribution in [-0.2, 0) is 17.8 Å². The molecule has 0 radical (unpaired) electrons. The number of ether oxygens (including phenoxy) is 2. The average molecular weight is 311 g/mol. The third-order valence-electron chi connectivity index (χ3n) is 3.93. The van der Waals surface area contributed by atoms with Gasteiger partial charge in [0.15, 0.2) is 11.5 Å². The fourth-order valence-corrected chi connectivity index (χ4v) is 2.56. The number of amides is 1. The fraction of sp³-hybridized carbons (Fsp3) is 0.316. The van der Waals surface area contributed by atoms with Crippen molar-refractivity contribution in [2.75, 3.05) is 20.3 Å². The molecule has 1 aliphatic rings. The predicted octanol–water partition coefficient (Wildman–Crippen LogP) is 2.97. The molecule has 0 N–H and O–H groups in total. The van der Waals surface area contributed by atoms with Crippen molar-refractivity contribution in [1.82, 2.24) is 4.90 Å². The molecule has 2 aromatic carbocycles. The highest BCUT2D eigenvalue weighted by atomic mass is 16.6. The predicted molar refractivity (Wildman–Crippen MR) is 88.8 cm³/mol. The summed E-state index contributed by atoms with van der Waals surface area (Å²) in [5.41, 5.74) is 3.27. The number of hydrogen-bond acceptors (Lipinski definition) is 3. The van der Waals surface area contributed by atoms with Gasteiger partial charge in [0, 0.05) is 13.6 Å². The highest BCUT2D eigenvalue weighted by molar-refractivity contribution is 5.78. The van der Waals surface area contributed by atoms with Gasteiger partial charge in [0.05, 0.1) is 6.42 Å². The number of likely N-dealkylation sites (N-methyl/N-ethyl adjacent to an activating group) is 1. The van der Waals surface area contributed by atoms with E-state index in [1.54, 1.807) is 4.90 Å². The summed E-state index contributed by atoms with van der Waals surface area (Å²) >= 11 is 0. The van der Waals surface area contributed by atoms with Gasteiger partial charge in [0.1, 0.15) is 13.2 Å². The average Bonchev–Trinajstić information content (AvgIpc) is 2.56. The molecule has 0 saturated heterocycles. The molecule has 0 spiro atoms. The third kappa shape index (κ3) is 3.83. The number of rotatable bonds is 4. The second kappa shape index (κ2) is 6.73. The Morgan fingerprint density at radius 2 is 1.65 bits per heavy atom. The Hall–Kier alpha value is -2.49. The molecule has 4 nitrogen and oxygen atoms in total. The van der Waals surface area contributed by atoms with E-state index in [2.05, 4.69) is 0 Å². The zero-order valence-corrected chi connectivity index (χ0v) is 13.5. The molecule has 0 unspecified atom stereocenters. The van der Waals surface area contributed by atoms with Crippen LogP contribution in [0.15, 0.2) is 42.5 Å². The molecule has 2 aromatic rings. The molecule has 0 saturated carbocycles. The van der Waals surface area contributed by atoms with Gasteiger partial charge in [0.2, 0.25) is 5.91 Å². The number of nitrogens with zero attached hydrogens (tertiary/aromatic N) is 1. The Labute approximate surface area is 136 Å². The summed E-state index contributed by atoms with van der Waals surface area (Å²) in [7, 11) is 1.83. The molecule has 1 aliphatic heterocycles. The van der Waals surface area contributed by atoms with Crippen LogP contribution < -0.4 is 9.47 Å². The standard InChI is InChI=1S/C19H21NO3/c1-14-3-5-15(6-4-14)12-19(21)20(2)13-16-7-8-17-18(11-16)23-10-9-22-17/h3-8,11H,9-10,12-13H2,1-2H3. The molecule has 3 rings (SSSR count). The maximum absolute atomic E-state index is 12.4. The van der Waals surface area contributed by atoms with E-state index < -0.39 is 0 Å². The van der Waals surface area contributed by atoms with E-state index in [1.807, 2.05) is 56.4 Å². The third-order valence-corrected chi connectivity index (χ3v) is 3.93. The van der Waals surface area contributed by atoms with E-state index in [1.165, 1.54) is 5.56 Å². The van der Waals surface area contributed by atoms with E-state index in [9.17, 15) is 4.79 Å². The zero-order valence-electron chi connectivity index (χ0n) is 13.5. The first-order valence-corrected chi connectivity index (χ1v) is 7.80. The van der Waals surface area contributed by atoms with Crippen LogP contribution in [0.5, 0.6) is 11.5 Å². The van der Waals surface area contributed by atoms with Crippen LogP contribution in [0.3, 0.4) is 0 Å². The van der Waals surface area contributed by atoms with Crippen molar-refractivity contribution in [1.29, 1.82) is 0 Å². The summed E-state index contributed by atoms with van der Waals surface area (Å²) in [4.78, 5) is 14.1. The number of carbonyl (C=O) groups is 1. The smallest absolute Gasteiger partial charge is 0.227 e. The molecule has 0 atom stereocenters. The van der Waals surface area contributed by atoms with E-state index in [0.717, 1.165) is 22.6 Å². The Balaban J connectivity index is 1.62. The molecule has 1 amide bonds. The Bertz CT molecular complexity index is 694. The van der Waals surface area contributed by atoms with Crippen molar-refractivity contribution < 1.29 is 14.3 Å². The van der Waals surface area contributed by atoms with Crippen molar-refractivity contribution in [2.45, 2.75) is 19.9 Å². The molecule has 0 aliphatic carbocycles. The molecule has 0 aromatic heterocycles. The topological polar surface area (TPSA) is 38.8 Å². The van der Waals surface area contributed by atoms with Crippen LogP contribution in [0, 0.1) is 6.92 Å². The summed E-state index contributed by atoms with van der Waals surface area (Å²) in [6.45, 7) is 3.75. The van der Waals surface area contributed by atoms with E-state index in [-0.39, 0.29) is 5.91 Å². The summed E-state index contributed by atoms with van der Waals surface area (Å²) in [6, 6.07) is 13.9. The SMILES string of the molecule is Cc1ccc(CC(=O)N(C)Cc2ccc3c(c2)OCCO3)cc1. The lowest BCUT2D eigenvalue weighted by Crippen LogP contribution is -2.27. The quantitative estimate of drug-likeness (QED) is 0.871. The van der Waals surface area contributed by atoms with Gasteiger partial charge in [-0.3, -0.25) is 4.79 Å². The monoisotopic (exact) mass is 311 g/mol. The van der Waals surface area contributed by atoms with Gasteiger partial charge in [-0.2, -0.15) is 0 Å². The second-order valence-electron chi connectivity index (χ2n) is 5.89. The first kappa shape index (κ1) is 15.4. The van der Waals surface area contributed by atoms with Crippen LogP contribution in [0.1, 0.15) is 16.7 Å². The number of carbonyl (C=O) groups excluding carboxylic acids is 1. The fourth-order valence-electron chi connectivity index (χ4n) is 2.56. The maximum Gasteiger partial charge on any atom is 0.227 e. The Kier molecular flexibility index (Phi) is 4.51. The first-order chi connectivity index (χ1) is 11.1. The lowest BCUT2D eigenvalue weighted by atomic mass is 10.1. The van der Waals surface area contributed by atoms with Crippen LogP contribution in [0.25, 0.3) is 0 Å². The van der Waals surface area contributed by atoms with Gasteiger partial charge < -0.3 is 14.4 Å². The Morgan fingerprint density at radius 3 is 2.39 bits per heavy atom. The molecule has 23 heavy (non-hydrogen) atoms.